The number of allylic oxidation sites excluding steroid dienone is 2. The van der Waals surface area contributed by atoms with E-state index in [2.05, 4.69) is 17.5 Å². The van der Waals surface area contributed by atoms with Gasteiger partial charge in [-0.05, 0) is 24.0 Å². The predicted octanol–water partition coefficient (Wildman–Crippen LogP) is 4.12. The van der Waals surface area contributed by atoms with Gasteiger partial charge in [-0.3, -0.25) is 10.1 Å². The number of nitrogens with zero attached hydrogens (tertiary/aromatic N) is 1. The smallest absolute Gasteiger partial charge is 0.337 e. The summed E-state index contributed by atoms with van der Waals surface area (Å²) in [5.74, 6) is -0.830. The highest BCUT2D eigenvalue weighted by atomic mass is 16.6. The minimum Gasteiger partial charge on any atom is -0.478 e. The number of benzene rings is 2. The molecule has 2 aliphatic rings. The first-order chi connectivity index (χ1) is 12.1. The number of carbonyl (C=O) groups is 1. The third-order valence-corrected chi connectivity index (χ3v) is 5.10. The fraction of sp³-hybridized carbons (Fsp3) is 0.211. The molecule has 4 rings (SSSR count). The number of rotatable bonds is 3. The molecule has 2 aromatic rings. The lowest BCUT2D eigenvalue weighted by atomic mass is 9.76. The molecular weight excluding hydrogens is 320 g/mol. The largest absolute Gasteiger partial charge is 0.478 e. The van der Waals surface area contributed by atoms with Crippen molar-refractivity contribution < 1.29 is 14.8 Å². The van der Waals surface area contributed by atoms with Gasteiger partial charge in [0.2, 0.25) is 0 Å². The van der Waals surface area contributed by atoms with Gasteiger partial charge in [-0.1, -0.05) is 42.5 Å². The molecule has 0 fully saturated rings. The van der Waals surface area contributed by atoms with E-state index in [1.807, 2.05) is 6.07 Å². The molecule has 126 valence electrons. The van der Waals surface area contributed by atoms with Crippen LogP contribution in [-0.4, -0.2) is 16.0 Å². The second-order valence-corrected chi connectivity index (χ2v) is 6.37. The van der Waals surface area contributed by atoms with Crippen molar-refractivity contribution in [1.82, 2.24) is 0 Å². The number of aromatic carboxylic acids is 1. The Balaban J connectivity index is 1.88. The maximum absolute atomic E-state index is 11.6. The van der Waals surface area contributed by atoms with Crippen LogP contribution in [0.15, 0.2) is 54.6 Å². The van der Waals surface area contributed by atoms with Crippen LogP contribution in [0, 0.1) is 16.0 Å². The third kappa shape index (κ3) is 2.38. The molecule has 6 heteroatoms. The summed E-state index contributed by atoms with van der Waals surface area (Å²) in [6.45, 7) is 0. The Hall–Kier alpha value is -3.15. The van der Waals surface area contributed by atoms with Crippen LogP contribution in [0.1, 0.15) is 39.9 Å². The van der Waals surface area contributed by atoms with Crippen LogP contribution in [0.25, 0.3) is 0 Å². The molecule has 0 amide bonds. The second-order valence-electron chi connectivity index (χ2n) is 6.37. The zero-order valence-corrected chi connectivity index (χ0v) is 13.3. The van der Waals surface area contributed by atoms with E-state index in [1.165, 1.54) is 6.07 Å². The number of carboxylic acids is 1. The summed E-state index contributed by atoms with van der Waals surface area (Å²) in [5, 5.41) is 24.3. The van der Waals surface area contributed by atoms with E-state index in [4.69, 9.17) is 0 Å². The van der Waals surface area contributed by atoms with E-state index in [0.29, 0.717) is 11.3 Å². The summed E-state index contributed by atoms with van der Waals surface area (Å²) in [5.41, 5.74) is 2.35. The van der Waals surface area contributed by atoms with Crippen LogP contribution in [0.5, 0.6) is 0 Å². The summed E-state index contributed by atoms with van der Waals surface area (Å²) in [4.78, 5) is 22.7. The van der Waals surface area contributed by atoms with Crippen molar-refractivity contribution in [3.63, 3.8) is 0 Å². The normalized spacial score (nSPS) is 23.4. The molecule has 6 nitrogen and oxygen atoms in total. The van der Waals surface area contributed by atoms with E-state index in [1.54, 1.807) is 30.3 Å². The van der Waals surface area contributed by atoms with Gasteiger partial charge < -0.3 is 10.4 Å². The zero-order valence-electron chi connectivity index (χ0n) is 13.3. The fourth-order valence-corrected chi connectivity index (χ4v) is 4.02. The number of hydrogen-bond acceptors (Lipinski definition) is 4. The highest BCUT2D eigenvalue weighted by Gasteiger charge is 2.41. The van der Waals surface area contributed by atoms with Crippen molar-refractivity contribution in [3.8, 4) is 0 Å². The maximum atomic E-state index is 11.6. The van der Waals surface area contributed by atoms with Gasteiger partial charge in [-0.15, -0.1) is 0 Å². The first-order valence-corrected chi connectivity index (χ1v) is 8.10. The van der Waals surface area contributed by atoms with Crippen LogP contribution in [0.2, 0.25) is 0 Å². The van der Waals surface area contributed by atoms with Gasteiger partial charge >= 0.3 is 5.97 Å². The zero-order chi connectivity index (χ0) is 17.6. The topological polar surface area (TPSA) is 92.5 Å². The highest BCUT2D eigenvalue weighted by Crippen LogP contribution is 2.51. The lowest BCUT2D eigenvalue weighted by Gasteiger charge is -2.37. The average molecular weight is 336 g/mol. The van der Waals surface area contributed by atoms with E-state index >= 15 is 0 Å². The molecule has 1 aliphatic carbocycles. The number of nitro benzene ring substituents is 1. The minimum absolute atomic E-state index is 0.0559. The lowest BCUT2D eigenvalue weighted by Crippen LogP contribution is -2.30. The molecule has 2 aromatic carbocycles. The van der Waals surface area contributed by atoms with Gasteiger partial charge in [0.15, 0.2) is 0 Å². The molecule has 0 bridgehead atoms. The maximum Gasteiger partial charge on any atom is 0.337 e. The van der Waals surface area contributed by atoms with Crippen molar-refractivity contribution in [2.24, 2.45) is 5.92 Å². The number of carboxylic acid groups (broad SMARTS) is 1. The molecule has 0 saturated heterocycles. The Labute approximate surface area is 144 Å². The SMILES string of the molecule is O=C(O)c1cccc2c1N[C@H](c1ccccc1[N+](=O)[O-])[C@@H]1CC=C[C@@H]21. The number of para-hydroxylation sites is 2. The Morgan fingerprint density at radius 1 is 1.16 bits per heavy atom. The average Bonchev–Trinajstić information content (AvgIpc) is 3.10. The minimum atomic E-state index is -1.01. The molecule has 2 N–H and O–H groups in total. The van der Waals surface area contributed by atoms with E-state index in [9.17, 15) is 20.0 Å². The van der Waals surface area contributed by atoms with Crippen LogP contribution in [-0.2, 0) is 0 Å². The summed E-state index contributed by atoms with van der Waals surface area (Å²) in [6.07, 6.45) is 4.95. The van der Waals surface area contributed by atoms with Crippen LogP contribution in [0.3, 0.4) is 0 Å². The van der Waals surface area contributed by atoms with Gasteiger partial charge in [0, 0.05) is 12.0 Å². The molecule has 0 spiro atoms. The summed E-state index contributed by atoms with van der Waals surface area (Å²) < 4.78 is 0. The van der Waals surface area contributed by atoms with Crippen molar-refractivity contribution in [2.45, 2.75) is 18.4 Å². The van der Waals surface area contributed by atoms with Crippen LogP contribution in [0.4, 0.5) is 11.4 Å². The summed E-state index contributed by atoms with van der Waals surface area (Å²) in [7, 11) is 0. The molecule has 1 aliphatic heterocycles. The van der Waals surface area contributed by atoms with Crippen molar-refractivity contribution in [1.29, 1.82) is 0 Å². The van der Waals surface area contributed by atoms with Crippen molar-refractivity contribution in [3.05, 3.63) is 81.4 Å². The van der Waals surface area contributed by atoms with Gasteiger partial charge in [-0.25, -0.2) is 4.79 Å². The Bertz CT molecular complexity index is 906. The first-order valence-electron chi connectivity index (χ1n) is 8.10. The second kappa shape index (κ2) is 5.73. The molecule has 0 aromatic heterocycles. The molecule has 0 radical (unpaired) electrons. The monoisotopic (exact) mass is 336 g/mol. The molecular formula is C19H16N2O4. The lowest BCUT2D eigenvalue weighted by molar-refractivity contribution is -0.385. The van der Waals surface area contributed by atoms with Crippen LogP contribution >= 0.6 is 0 Å². The predicted molar refractivity (Wildman–Crippen MR) is 92.8 cm³/mol. The number of fused-ring (bicyclic) bond motifs is 3. The number of nitrogens with one attached hydrogen (secondary N) is 1. The Morgan fingerprint density at radius 3 is 2.68 bits per heavy atom. The van der Waals surface area contributed by atoms with Gasteiger partial charge in [0.25, 0.3) is 5.69 Å². The van der Waals surface area contributed by atoms with E-state index < -0.39 is 5.97 Å². The van der Waals surface area contributed by atoms with E-state index in [0.717, 1.165) is 12.0 Å². The van der Waals surface area contributed by atoms with Gasteiger partial charge in [-0.2, -0.15) is 0 Å². The third-order valence-electron chi connectivity index (χ3n) is 5.10. The number of hydrogen-bond donors (Lipinski definition) is 2. The molecule has 25 heavy (non-hydrogen) atoms. The van der Waals surface area contributed by atoms with Gasteiger partial charge in [0.05, 0.1) is 27.8 Å². The molecule has 0 unspecified atom stereocenters. The Morgan fingerprint density at radius 2 is 1.92 bits per heavy atom. The van der Waals surface area contributed by atoms with Gasteiger partial charge in [0.1, 0.15) is 0 Å². The summed E-state index contributed by atoms with van der Waals surface area (Å²) in [6, 6.07) is 11.6. The molecule has 0 saturated carbocycles. The highest BCUT2D eigenvalue weighted by molar-refractivity contribution is 5.95. The molecule has 3 atom stereocenters. The number of nitro groups is 1. The van der Waals surface area contributed by atoms with E-state index in [-0.39, 0.29) is 34.1 Å². The first kappa shape index (κ1) is 15.4. The standard InChI is InChI=1S/C19H16N2O4/c22-19(23)15-9-4-8-13-11-6-3-7-12(11)17(20-18(13)15)14-5-1-2-10-16(14)21(24)25/h1-6,8-12,17,20H,7H2,(H,22,23)/t11-,12-,17+/m1/s1. The van der Waals surface area contributed by atoms with Crippen molar-refractivity contribution in [2.75, 3.05) is 5.32 Å². The number of anilines is 1. The summed E-state index contributed by atoms with van der Waals surface area (Å²) >= 11 is 0. The Kier molecular flexibility index (Phi) is 3.53. The van der Waals surface area contributed by atoms with Crippen molar-refractivity contribution >= 4 is 17.3 Å². The van der Waals surface area contributed by atoms with Crippen LogP contribution < -0.4 is 5.32 Å². The molecule has 1 heterocycles. The quantitative estimate of drug-likeness (QED) is 0.500. The fourth-order valence-electron chi connectivity index (χ4n) is 4.02.